The molecular formula is C11H15ClO3. The summed E-state index contributed by atoms with van der Waals surface area (Å²) < 4.78 is 4.98. The van der Waals surface area contributed by atoms with Crippen molar-refractivity contribution in [3.8, 4) is 11.5 Å². The topological polar surface area (TPSA) is 49.7 Å². The van der Waals surface area contributed by atoms with Crippen LogP contribution in [-0.2, 0) is 6.42 Å². The summed E-state index contributed by atoms with van der Waals surface area (Å²) in [7, 11) is 1.48. The number of aliphatic hydroxyl groups is 1. The van der Waals surface area contributed by atoms with E-state index in [1.54, 1.807) is 19.1 Å². The van der Waals surface area contributed by atoms with Gasteiger partial charge in [-0.05, 0) is 31.4 Å². The van der Waals surface area contributed by atoms with E-state index in [1.165, 1.54) is 7.11 Å². The number of halogens is 1. The monoisotopic (exact) mass is 230 g/mol. The highest BCUT2D eigenvalue weighted by molar-refractivity contribution is 6.30. The molecule has 0 spiro atoms. The van der Waals surface area contributed by atoms with E-state index in [2.05, 4.69) is 0 Å². The summed E-state index contributed by atoms with van der Waals surface area (Å²) in [4.78, 5) is 0. The SMILES string of the molecule is COc1cc(Cl)cc(CCC(C)O)c1O. The Labute approximate surface area is 94.3 Å². The number of rotatable bonds is 4. The lowest BCUT2D eigenvalue weighted by Crippen LogP contribution is -2.02. The normalized spacial score (nSPS) is 12.5. The van der Waals surface area contributed by atoms with Crippen LogP contribution in [0.25, 0.3) is 0 Å². The van der Waals surface area contributed by atoms with Crippen LogP contribution in [0, 0.1) is 0 Å². The van der Waals surface area contributed by atoms with E-state index in [0.717, 1.165) is 0 Å². The minimum absolute atomic E-state index is 0.0996. The van der Waals surface area contributed by atoms with Crippen LogP contribution >= 0.6 is 11.6 Å². The zero-order chi connectivity index (χ0) is 11.4. The van der Waals surface area contributed by atoms with Gasteiger partial charge in [-0.15, -0.1) is 0 Å². The molecule has 0 saturated carbocycles. The van der Waals surface area contributed by atoms with Crippen LogP contribution in [0.3, 0.4) is 0 Å². The number of phenols is 1. The highest BCUT2D eigenvalue weighted by Gasteiger charge is 2.10. The summed E-state index contributed by atoms with van der Waals surface area (Å²) in [5.41, 5.74) is 0.695. The average molecular weight is 231 g/mol. The summed E-state index contributed by atoms with van der Waals surface area (Å²) in [5.74, 6) is 0.464. The van der Waals surface area contributed by atoms with Crippen molar-refractivity contribution in [2.24, 2.45) is 0 Å². The molecule has 3 nitrogen and oxygen atoms in total. The molecule has 2 N–H and O–H groups in total. The van der Waals surface area contributed by atoms with E-state index >= 15 is 0 Å². The summed E-state index contributed by atoms with van der Waals surface area (Å²) in [6, 6.07) is 3.24. The van der Waals surface area contributed by atoms with Crippen LogP contribution < -0.4 is 4.74 Å². The van der Waals surface area contributed by atoms with Gasteiger partial charge in [0.1, 0.15) is 0 Å². The van der Waals surface area contributed by atoms with Gasteiger partial charge in [0.2, 0.25) is 0 Å². The molecule has 0 aliphatic heterocycles. The van der Waals surface area contributed by atoms with Gasteiger partial charge < -0.3 is 14.9 Å². The highest BCUT2D eigenvalue weighted by Crippen LogP contribution is 2.34. The molecule has 1 aromatic carbocycles. The van der Waals surface area contributed by atoms with Crippen LogP contribution in [0.5, 0.6) is 11.5 Å². The first-order chi connectivity index (χ1) is 7.04. The van der Waals surface area contributed by atoms with Crippen molar-refractivity contribution < 1.29 is 14.9 Å². The van der Waals surface area contributed by atoms with Crippen LogP contribution in [-0.4, -0.2) is 23.4 Å². The van der Waals surface area contributed by atoms with Crippen LogP contribution in [0.15, 0.2) is 12.1 Å². The lowest BCUT2D eigenvalue weighted by atomic mass is 10.1. The van der Waals surface area contributed by atoms with Crippen molar-refractivity contribution in [3.63, 3.8) is 0 Å². The molecule has 0 radical (unpaired) electrons. The van der Waals surface area contributed by atoms with Gasteiger partial charge in [-0.3, -0.25) is 0 Å². The second-order valence-corrected chi connectivity index (χ2v) is 3.94. The Morgan fingerprint density at radius 3 is 2.67 bits per heavy atom. The third-order valence-corrected chi connectivity index (χ3v) is 2.39. The van der Waals surface area contributed by atoms with E-state index < -0.39 is 6.10 Å². The Morgan fingerprint density at radius 1 is 1.47 bits per heavy atom. The van der Waals surface area contributed by atoms with E-state index in [-0.39, 0.29) is 5.75 Å². The number of phenolic OH excluding ortho intramolecular Hbond substituents is 1. The largest absolute Gasteiger partial charge is 0.504 e. The van der Waals surface area contributed by atoms with E-state index in [9.17, 15) is 5.11 Å². The Balaban J connectivity index is 2.91. The number of aryl methyl sites for hydroxylation is 1. The lowest BCUT2D eigenvalue weighted by Gasteiger charge is -2.10. The number of hydrogen-bond acceptors (Lipinski definition) is 3. The fourth-order valence-electron chi connectivity index (χ4n) is 1.34. The van der Waals surface area contributed by atoms with Crippen LogP contribution in [0.1, 0.15) is 18.9 Å². The number of hydrogen-bond donors (Lipinski definition) is 2. The summed E-state index contributed by atoms with van der Waals surface area (Å²) in [6.07, 6.45) is 0.756. The third kappa shape index (κ3) is 3.29. The van der Waals surface area contributed by atoms with Crippen molar-refractivity contribution in [2.75, 3.05) is 7.11 Å². The smallest absolute Gasteiger partial charge is 0.162 e. The predicted octanol–water partition coefficient (Wildman–Crippen LogP) is 2.37. The van der Waals surface area contributed by atoms with E-state index in [1.807, 2.05) is 0 Å². The number of aliphatic hydroxyl groups excluding tert-OH is 1. The fourth-order valence-corrected chi connectivity index (χ4v) is 1.57. The molecule has 0 saturated heterocycles. The summed E-state index contributed by atoms with van der Waals surface area (Å²) in [5, 5.41) is 19.4. The Morgan fingerprint density at radius 2 is 2.13 bits per heavy atom. The van der Waals surface area contributed by atoms with Gasteiger partial charge in [-0.1, -0.05) is 11.6 Å². The highest BCUT2D eigenvalue weighted by atomic mass is 35.5. The quantitative estimate of drug-likeness (QED) is 0.835. The molecule has 1 atom stereocenters. The predicted molar refractivity (Wildman–Crippen MR) is 59.7 cm³/mol. The van der Waals surface area contributed by atoms with Crippen LogP contribution in [0.4, 0.5) is 0 Å². The van der Waals surface area contributed by atoms with Gasteiger partial charge in [-0.25, -0.2) is 0 Å². The first-order valence-corrected chi connectivity index (χ1v) is 5.15. The second kappa shape index (κ2) is 5.24. The van der Waals surface area contributed by atoms with Crippen LogP contribution in [0.2, 0.25) is 5.02 Å². The number of methoxy groups -OCH3 is 1. The standard InChI is InChI=1S/C11H15ClO3/c1-7(13)3-4-8-5-9(12)6-10(15-2)11(8)14/h5-7,13-14H,3-4H2,1-2H3. The van der Waals surface area contributed by atoms with Gasteiger partial charge in [0.05, 0.1) is 13.2 Å². The molecule has 0 aliphatic carbocycles. The Bertz CT molecular complexity index is 337. The van der Waals surface area contributed by atoms with Crippen molar-refractivity contribution in [2.45, 2.75) is 25.9 Å². The molecule has 4 heteroatoms. The summed E-state index contributed by atoms with van der Waals surface area (Å²) >= 11 is 5.86. The minimum atomic E-state index is -0.394. The van der Waals surface area contributed by atoms with Crippen molar-refractivity contribution >= 4 is 11.6 Å². The van der Waals surface area contributed by atoms with Gasteiger partial charge >= 0.3 is 0 Å². The van der Waals surface area contributed by atoms with Gasteiger partial charge in [-0.2, -0.15) is 0 Å². The first kappa shape index (κ1) is 12.1. The fraction of sp³-hybridized carbons (Fsp3) is 0.455. The molecule has 0 fully saturated rings. The van der Waals surface area contributed by atoms with Gasteiger partial charge in [0, 0.05) is 11.1 Å². The minimum Gasteiger partial charge on any atom is -0.504 e. The molecule has 84 valence electrons. The second-order valence-electron chi connectivity index (χ2n) is 3.50. The molecule has 0 bridgehead atoms. The molecule has 15 heavy (non-hydrogen) atoms. The summed E-state index contributed by atoms with van der Waals surface area (Å²) in [6.45, 7) is 1.71. The molecule has 1 aromatic rings. The lowest BCUT2D eigenvalue weighted by molar-refractivity contribution is 0.184. The molecule has 0 amide bonds. The van der Waals surface area contributed by atoms with Crippen molar-refractivity contribution in [1.82, 2.24) is 0 Å². The van der Waals surface area contributed by atoms with Crippen molar-refractivity contribution in [1.29, 1.82) is 0 Å². The number of aromatic hydroxyl groups is 1. The molecular weight excluding hydrogens is 216 g/mol. The molecule has 0 heterocycles. The number of benzene rings is 1. The maximum Gasteiger partial charge on any atom is 0.162 e. The molecule has 1 unspecified atom stereocenters. The maximum atomic E-state index is 9.76. The molecule has 1 rings (SSSR count). The zero-order valence-corrected chi connectivity index (χ0v) is 9.58. The molecule has 0 aromatic heterocycles. The van der Waals surface area contributed by atoms with E-state index in [4.69, 9.17) is 21.4 Å². The molecule has 0 aliphatic rings. The zero-order valence-electron chi connectivity index (χ0n) is 8.83. The number of ether oxygens (including phenoxy) is 1. The first-order valence-electron chi connectivity index (χ1n) is 4.78. The Kier molecular flexibility index (Phi) is 4.24. The third-order valence-electron chi connectivity index (χ3n) is 2.17. The van der Waals surface area contributed by atoms with Gasteiger partial charge in [0.25, 0.3) is 0 Å². The van der Waals surface area contributed by atoms with Gasteiger partial charge in [0.15, 0.2) is 11.5 Å². The van der Waals surface area contributed by atoms with E-state index in [0.29, 0.717) is 29.2 Å². The van der Waals surface area contributed by atoms with Crippen molar-refractivity contribution in [3.05, 3.63) is 22.7 Å². The Hall–Kier alpha value is -0.930. The maximum absolute atomic E-state index is 9.76. The average Bonchev–Trinajstić information content (AvgIpc) is 2.18.